The fourth-order valence-corrected chi connectivity index (χ4v) is 2.85. The fraction of sp³-hybridized carbons (Fsp3) is 0.750. The third-order valence-electron chi connectivity index (χ3n) is 4.68. The van der Waals surface area contributed by atoms with Gasteiger partial charge < -0.3 is 10.4 Å². The summed E-state index contributed by atoms with van der Waals surface area (Å²) in [4.78, 5) is 16.9. The van der Waals surface area contributed by atoms with E-state index in [4.69, 9.17) is 5.11 Å². The number of hydrogen-bond acceptors (Lipinski definition) is 5. The summed E-state index contributed by atoms with van der Waals surface area (Å²) >= 11 is 0. The summed E-state index contributed by atoms with van der Waals surface area (Å²) in [5.41, 5.74) is 0. The first-order valence-corrected chi connectivity index (χ1v) is 8.48. The normalized spacial score (nSPS) is 19.5. The van der Waals surface area contributed by atoms with Crippen molar-refractivity contribution in [2.24, 2.45) is 0 Å². The van der Waals surface area contributed by atoms with Gasteiger partial charge in [-0.05, 0) is 20.3 Å². The molecule has 1 saturated heterocycles. The van der Waals surface area contributed by atoms with E-state index in [-0.39, 0.29) is 24.6 Å². The molecule has 1 aromatic heterocycles. The number of aromatic nitrogens is 2. The van der Waals surface area contributed by atoms with Crippen LogP contribution < -0.4 is 5.32 Å². The third-order valence-corrected chi connectivity index (χ3v) is 4.68. The summed E-state index contributed by atoms with van der Waals surface area (Å²) in [5, 5.41) is 16.3. The molecule has 0 saturated carbocycles. The molecule has 2 N–H and O–H groups in total. The van der Waals surface area contributed by atoms with Crippen molar-refractivity contribution < 1.29 is 9.90 Å². The Morgan fingerprint density at radius 1 is 1.35 bits per heavy atom. The molecule has 1 amide bonds. The van der Waals surface area contributed by atoms with Gasteiger partial charge in [0, 0.05) is 38.8 Å². The minimum Gasteiger partial charge on any atom is -0.395 e. The molecule has 0 radical (unpaired) electrons. The zero-order valence-electron chi connectivity index (χ0n) is 14.4. The Kier molecular flexibility index (Phi) is 6.56. The minimum atomic E-state index is -0.174. The van der Waals surface area contributed by atoms with E-state index in [2.05, 4.69) is 34.1 Å². The second-order valence-electron chi connectivity index (χ2n) is 6.18. The molecular weight excluding hydrogens is 294 g/mol. The fourth-order valence-electron chi connectivity index (χ4n) is 2.85. The molecule has 1 aliphatic rings. The maximum atomic E-state index is 12.5. The molecular formula is C16H29N5O2. The predicted octanol–water partition coefficient (Wildman–Crippen LogP) is 0.791. The van der Waals surface area contributed by atoms with Crippen molar-refractivity contribution >= 4 is 11.7 Å². The summed E-state index contributed by atoms with van der Waals surface area (Å²) in [5.74, 6) is 0.765. The quantitative estimate of drug-likeness (QED) is 0.776. The lowest BCUT2D eigenvalue weighted by molar-refractivity contribution is -0.121. The van der Waals surface area contributed by atoms with Gasteiger partial charge in [0.05, 0.1) is 24.9 Å². The van der Waals surface area contributed by atoms with Gasteiger partial charge in [0.15, 0.2) is 0 Å². The van der Waals surface area contributed by atoms with Crippen LogP contribution in [0.1, 0.15) is 33.2 Å². The van der Waals surface area contributed by atoms with Gasteiger partial charge in [-0.15, -0.1) is 0 Å². The molecule has 0 bridgehead atoms. The van der Waals surface area contributed by atoms with E-state index in [1.807, 2.05) is 17.7 Å². The van der Waals surface area contributed by atoms with Gasteiger partial charge in [0.1, 0.15) is 5.82 Å². The van der Waals surface area contributed by atoms with E-state index < -0.39 is 0 Å². The molecule has 1 aliphatic heterocycles. The molecule has 1 aromatic rings. The summed E-state index contributed by atoms with van der Waals surface area (Å²) in [7, 11) is 0. The molecule has 23 heavy (non-hydrogen) atoms. The molecule has 0 aromatic carbocycles. The highest BCUT2D eigenvalue weighted by Crippen LogP contribution is 2.17. The number of nitrogens with one attached hydrogen (secondary N) is 1. The lowest BCUT2D eigenvalue weighted by Crippen LogP contribution is -2.53. The summed E-state index contributed by atoms with van der Waals surface area (Å²) < 4.78 is 1.86. The predicted molar refractivity (Wildman–Crippen MR) is 90.4 cm³/mol. The van der Waals surface area contributed by atoms with E-state index in [0.717, 1.165) is 38.4 Å². The van der Waals surface area contributed by atoms with Crippen molar-refractivity contribution in [3.8, 4) is 0 Å². The Morgan fingerprint density at radius 2 is 2.04 bits per heavy atom. The first kappa shape index (κ1) is 17.9. The van der Waals surface area contributed by atoms with Crippen LogP contribution in [0.3, 0.4) is 0 Å². The number of anilines is 1. The lowest BCUT2D eigenvalue weighted by atomic mass is 10.2. The average Bonchev–Trinajstić information content (AvgIpc) is 3.02. The minimum absolute atomic E-state index is 0.00524. The molecule has 2 rings (SSSR count). The summed E-state index contributed by atoms with van der Waals surface area (Å²) in [6.45, 7) is 10.5. The van der Waals surface area contributed by atoms with E-state index >= 15 is 0 Å². The Hall–Kier alpha value is -1.44. The summed E-state index contributed by atoms with van der Waals surface area (Å²) in [6, 6.07) is 1.93. The Bertz CT molecular complexity index is 496. The van der Waals surface area contributed by atoms with Crippen molar-refractivity contribution in [1.29, 1.82) is 0 Å². The molecule has 2 atom stereocenters. The van der Waals surface area contributed by atoms with Gasteiger partial charge in [-0.2, -0.15) is 5.10 Å². The zero-order valence-corrected chi connectivity index (χ0v) is 14.4. The van der Waals surface area contributed by atoms with Gasteiger partial charge in [0.25, 0.3) is 0 Å². The van der Waals surface area contributed by atoms with Gasteiger partial charge in [-0.25, -0.2) is 4.68 Å². The first-order chi connectivity index (χ1) is 11.1. The van der Waals surface area contributed by atoms with E-state index in [1.165, 1.54) is 0 Å². The van der Waals surface area contributed by atoms with Crippen molar-refractivity contribution in [3.63, 3.8) is 0 Å². The van der Waals surface area contributed by atoms with E-state index in [9.17, 15) is 4.79 Å². The number of aliphatic hydroxyl groups excluding tert-OH is 1. The Morgan fingerprint density at radius 3 is 2.65 bits per heavy atom. The molecule has 0 spiro atoms. The SMILES string of the molecule is CCC(C)n1nccc1NC(=O)C(C)N1CCN(CCO)CC1. The Labute approximate surface area is 138 Å². The summed E-state index contributed by atoms with van der Waals surface area (Å²) in [6.07, 6.45) is 2.69. The topological polar surface area (TPSA) is 73.6 Å². The van der Waals surface area contributed by atoms with Crippen molar-refractivity contribution in [3.05, 3.63) is 12.3 Å². The van der Waals surface area contributed by atoms with Crippen LogP contribution in [0.25, 0.3) is 0 Å². The van der Waals surface area contributed by atoms with Crippen LogP contribution in [0.4, 0.5) is 5.82 Å². The first-order valence-electron chi connectivity index (χ1n) is 8.48. The van der Waals surface area contributed by atoms with Gasteiger partial charge in [-0.1, -0.05) is 6.92 Å². The zero-order chi connectivity index (χ0) is 16.8. The number of piperazine rings is 1. The number of amides is 1. The molecule has 130 valence electrons. The van der Waals surface area contributed by atoms with Crippen molar-refractivity contribution in [2.75, 3.05) is 44.6 Å². The molecule has 2 unspecified atom stereocenters. The standard InChI is InChI=1S/C16H29N5O2/c1-4-13(2)21-15(5-6-17-21)18-16(23)14(3)20-9-7-19(8-10-20)11-12-22/h5-6,13-14,22H,4,7-12H2,1-3H3,(H,18,23). The largest absolute Gasteiger partial charge is 0.395 e. The van der Waals surface area contributed by atoms with Crippen molar-refractivity contribution in [1.82, 2.24) is 19.6 Å². The maximum Gasteiger partial charge on any atom is 0.242 e. The van der Waals surface area contributed by atoms with Crippen LogP contribution in [-0.2, 0) is 4.79 Å². The molecule has 2 heterocycles. The van der Waals surface area contributed by atoms with Crippen LogP contribution in [-0.4, -0.2) is 76.0 Å². The third kappa shape index (κ3) is 4.53. The smallest absolute Gasteiger partial charge is 0.242 e. The van der Waals surface area contributed by atoms with Gasteiger partial charge in [0.2, 0.25) is 5.91 Å². The molecule has 1 fully saturated rings. The monoisotopic (exact) mass is 323 g/mol. The number of rotatable bonds is 7. The van der Waals surface area contributed by atoms with Crippen LogP contribution in [0.15, 0.2) is 12.3 Å². The number of carbonyl (C=O) groups excluding carboxylic acids is 1. The van der Waals surface area contributed by atoms with Crippen LogP contribution in [0.5, 0.6) is 0 Å². The van der Waals surface area contributed by atoms with Crippen LogP contribution in [0.2, 0.25) is 0 Å². The average molecular weight is 323 g/mol. The Balaban J connectivity index is 1.90. The highest BCUT2D eigenvalue weighted by atomic mass is 16.3. The molecule has 7 nitrogen and oxygen atoms in total. The van der Waals surface area contributed by atoms with Crippen LogP contribution >= 0.6 is 0 Å². The second kappa shape index (κ2) is 8.42. The van der Waals surface area contributed by atoms with Gasteiger partial charge >= 0.3 is 0 Å². The number of aliphatic hydroxyl groups is 1. The number of hydrogen-bond donors (Lipinski definition) is 2. The second-order valence-corrected chi connectivity index (χ2v) is 6.18. The molecule has 7 heteroatoms. The number of β-amino-alcohol motifs (C(OH)–C–C–N with tert-alkyl or cyclic N) is 1. The number of carbonyl (C=O) groups is 1. The lowest BCUT2D eigenvalue weighted by Gasteiger charge is -2.37. The highest BCUT2D eigenvalue weighted by Gasteiger charge is 2.26. The van der Waals surface area contributed by atoms with Crippen LogP contribution in [0, 0.1) is 0 Å². The van der Waals surface area contributed by atoms with E-state index in [0.29, 0.717) is 6.54 Å². The maximum absolute atomic E-state index is 12.5. The highest BCUT2D eigenvalue weighted by molar-refractivity contribution is 5.93. The molecule has 0 aliphatic carbocycles. The van der Waals surface area contributed by atoms with Crippen molar-refractivity contribution in [2.45, 2.75) is 39.3 Å². The van der Waals surface area contributed by atoms with E-state index in [1.54, 1.807) is 6.20 Å². The van der Waals surface area contributed by atoms with Gasteiger partial charge in [-0.3, -0.25) is 14.6 Å². The number of nitrogens with zero attached hydrogens (tertiary/aromatic N) is 4.